The van der Waals surface area contributed by atoms with Crippen molar-refractivity contribution >= 4 is 11.6 Å². The minimum Gasteiger partial charge on any atom is -0.496 e. The van der Waals surface area contributed by atoms with Crippen LogP contribution in [0, 0.1) is 0 Å². The Hall–Kier alpha value is -1.71. The molecule has 92 valence electrons. The van der Waals surface area contributed by atoms with Gasteiger partial charge in [-0.05, 0) is 37.5 Å². The molecule has 1 aromatic carbocycles. The van der Waals surface area contributed by atoms with E-state index in [1.54, 1.807) is 30.2 Å². The summed E-state index contributed by atoms with van der Waals surface area (Å²) in [5.74, 6) is 0.564. The molecule has 1 aromatic rings. The van der Waals surface area contributed by atoms with Crippen molar-refractivity contribution in [3.8, 4) is 5.75 Å². The Kier molecular flexibility index (Phi) is 3.22. The second-order valence-electron chi connectivity index (χ2n) is 4.46. The van der Waals surface area contributed by atoms with E-state index in [4.69, 9.17) is 10.5 Å². The summed E-state index contributed by atoms with van der Waals surface area (Å²) in [6, 6.07) is 5.51. The molecule has 0 unspecified atom stereocenters. The Labute approximate surface area is 101 Å². The number of nitrogens with two attached hydrogens (primary N) is 1. The Morgan fingerprint density at radius 1 is 1.47 bits per heavy atom. The fourth-order valence-electron chi connectivity index (χ4n) is 2.02. The minimum atomic E-state index is -0.0150. The van der Waals surface area contributed by atoms with Gasteiger partial charge in [0.2, 0.25) is 0 Å². The third kappa shape index (κ3) is 2.20. The second-order valence-corrected chi connectivity index (χ2v) is 4.46. The highest BCUT2D eigenvalue weighted by Crippen LogP contribution is 2.28. The molecule has 1 saturated carbocycles. The van der Waals surface area contributed by atoms with Crippen LogP contribution >= 0.6 is 0 Å². The highest BCUT2D eigenvalue weighted by Gasteiger charge is 2.27. The molecule has 0 atom stereocenters. The summed E-state index contributed by atoms with van der Waals surface area (Å²) in [5.41, 5.74) is 6.84. The molecule has 1 amide bonds. The number of ether oxygens (including phenoxy) is 1. The van der Waals surface area contributed by atoms with Gasteiger partial charge in [0, 0.05) is 18.8 Å². The zero-order valence-corrected chi connectivity index (χ0v) is 10.3. The van der Waals surface area contributed by atoms with Crippen LogP contribution in [-0.4, -0.2) is 31.0 Å². The van der Waals surface area contributed by atoms with E-state index < -0.39 is 0 Å². The average Bonchev–Trinajstić information content (AvgIpc) is 2.25. The Morgan fingerprint density at radius 2 is 2.18 bits per heavy atom. The number of carbonyl (C=O) groups is 1. The maximum absolute atomic E-state index is 12.3. The minimum absolute atomic E-state index is 0.0150. The van der Waals surface area contributed by atoms with Crippen LogP contribution in [0.15, 0.2) is 18.2 Å². The number of nitrogens with zero attached hydrogens (tertiary/aromatic N) is 1. The summed E-state index contributed by atoms with van der Waals surface area (Å²) in [5, 5.41) is 0. The van der Waals surface area contributed by atoms with Crippen molar-refractivity contribution in [3.63, 3.8) is 0 Å². The smallest absolute Gasteiger partial charge is 0.257 e. The number of methoxy groups -OCH3 is 1. The number of anilines is 1. The van der Waals surface area contributed by atoms with Crippen LogP contribution in [-0.2, 0) is 0 Å². The second kappa shape index (κ2) is 4.65. The predicted molar refractivity (Wildman–Crippen MR) is 67.1 cm³/mol. The molecule has 1 aliphatic rings. The van der Waals surface area contributed by atoms with Gasteiger partial charge in [0.05, 0.1) is 12.7 Å². The molecule has 2 N–H and O–H groups in total. The number of amides is 1. The largest absolute Gasteiger partial charge is 0.496 e. The first-order chi connectivity index (χ1) is 8.13. The first-order valence-corrected chi connectivity index (χ1v) is 5.84. The van der Waals surface area contributed by atoms with E-state index in [0.717, 1.165) is 12.8 Å². The van der Waals surface area contributed by atoms with Crippen molar-refractivity contribution in [1.82, 2.24) is 4.90 Å². The van der Waals surface area contributed by atoms with Gasteiger partial charge in [-0.2, -0.15) is 0 Å². The molecule has 17 heavy (non-hydrogen) atoms. The fraction of sp³-hybridized carbons (Fsp3) is 0.462. The summed E-state index contributed by atoms with van der Waals surface area (Å²) in [6.45, 7) is 0. The molecule has 0 heterocycles. The molecule has 0 radical (unpaired) electrons. The monoisotopic (exact) mass is 234 g/mol. The summed E-state index contributed by atoms with van der Waals surface area (Å²) < 4.78 is 5.20. The van der Waals surface area contributed by atoms with Gasteiger partial charge < -0.3 is 15.4 Å². The lowest BCUT2D eigenvalue weighted by molar-refractivity contribution is 0.0649. The van der Waals surface area contributed by atoms with Gasteiger partial charge in [-0.15, -0.1) is 0 Å². The predicted octanol–water partition coefficient (Wildman–Crippen LogP) is 1.90. The third-order valence-electron chi connectivity index (χ3n) is 3.40. The van der Waals surface area contributed by atoms with Crippen LogP contribution in [0.4, 0.5) is 5.69 Å². The van der Waals surface area contributed by atoms with Crippen molar-refractivity contribution in [2.24, 2.45) is 0 Å². The normalized spacial score (nSPS) is 15.2. The highest BCUT2D eigenvalue weighted by molar-refractivity contribution is 5.97. The lowest BCUT2D eigenvalue weighted by Crippen LogP contribution is -2.41. The van der Waals surface area contributed by atoms with E-state index in [-0.39, 0.29) is 5.91 Å². The Morgan fingerprint density at radius 3 is 2.71 bits per heavy atom. The lowest BCUT2D eigenvalue weighted by Gasteiger charge is -2.35. The van der Waals surface area contributed by atoms with Crippen LogP contribution in [0.2, 0.25) is 0 Å². The zero-order valence-electron chi connectivity index (χ0n) is 10.3. The number of hydrogen-bond donors (Lipinski definition) is 1. The standard InChI is InChI=1S/C13H18N2O2/c1-15(10-4-3-5-10)13(16)11-8-9(14)6-7-12(11)17-2/h6-8,10H,3-5,14H2,1-2H3. The van der Waals surface area contributed by atoms with Crippen molar-refractivity contribution in [2.75, 3.05) is 19.9 Å². The molecule has 0 bridgehead atoms. The molecule has 4 nitrogen and oxygen atoms in total. The van der Waals surface area contributed by atoms with E-state index in [0.29, 0.717) is 23.0 Å². The Balaban J connectivity index is 2.25. The maximum Gasteiger partial charge on any atom is 0.257 e. The topological polar surface area (TPSA) is 55.6 Å². The molecular formula is C13H18N2O2. The molecule has 0 aliphatic heterocycles. The Bertz CT molecular complexity index is 427. The third-order valence-corrected chi connectivity index (χ3v) is 3.40. The van der Waals surface area contributed by atoms with Crippen LogP contribution in [0.5, 0.6) is 5.75 Å². The average molecular weight is 234 g/mol. The summed E-state index contributed by atoms with van der Waals surface area (Å²) in [7, 11) is 3.40. The van der Waals surface area contributed by atoms with Gasteiger partial charge >= 0.3 is 0 Å². The number of rotatable bonds is 3. The first kappa shape index (κ1) is 11.8. The van der Waals surface area contributed by atoms with Crippen molar-refractivity contribution < 1.29 is 9.53 Å². The van der Waals surface area contributed by atoms with Gasteiger partial charge in [0.25, 0.3) is 5.91 Å². The van der Waals surface area contributed by atoms with Crippen LogP contribution in [0.25, 0.3) is 0 Å². The summed E-state index contributed by atoms with van der Waals surface area (Å²) in [4.78, 5) is 14.1. The SMILES string of the molecule is COc1ccc(N)cc1C(=O)N(C)C1CCC1. The number of nitrogen functional groups attached to an aromatic ring is 1. The van der Waals surface area contributed by atoms with Crippen molar-refractivity contribution in [2.45, 2.75) is 25.3 Å². The van der Waals surface area contributed by atoms with Crippen LogP contribution in [0.3, 0.4) is 0 Å². The van der Waals surface area contributed by atoms with Gasteiger partial charge in [-0.1, -0.05) is 0 Å². The molecule has 1 fully saturated rings. The molecule has 0 saturated heterocycles. The quantitative estimate of drug-likeness (QED) is 0.813. The number of hydrogen-bond acceptors (Lipinski definition) is 3. The van der Waals surface area contributed by atoms with Gasteiger partial charge in [0.1, 0.15) is 5.75 Å². The molecule has 2 rings (SSSR count). The van der Waals surface area contributed by atoms with E-state index in [1.807, 2.05) is 7.05 Å². The van der Waals surface area contributed by atoms with Gasteiger partial charge in [-0.25, -0.2) is 0 Å². The maximum atomic E-state index is 12.3. The molecule has 4 heteroatoms. The van der Waals surface area contributed by atoms with Crippen molar-refractivity contribution in [1.29, 1.82) is 0 Å². The van der Waals surface area contributed by atoms with E-state index in [2.05, 4.69) is 0 Å². The molecule has 0 spiro atoms. The summed E-state index contributed by atoms with van der Waals surface area (Å²) in [6.07, 6.45) is 3.39. The number of carbonyl (C=O) groups excluding carboxylic acids is 1. The lowest BCUT2D eigenvalue weighted by atomic mass is 9.91. The molecule has 0 aromatic heterocycles. The highest BCUT2D eigenvalue weighted by atomic mass is 16.5. The van der Waals surface area contributed by atoms with Crippen LogP contribution in [0.1, 0.15) is 29.6 Å². The van der Waals surface area contributed by atoms with Crippen LogP contribution < -0.4 is 10.5 Å². The zero-order chi connectivity index (χ0) is 12.4. The molecule has 1 aliphatic carbocycles. The molecular weight excluding hydrogens is 216 g/mol. The van der Waals surface area contributed by atoms with E-state index in [1.165, 1.54) is 6.42 Å². The number of benzene rings is 1. The van der Waals surface area contributed by atoms with Crippen molar-refractivity contribution in [3.05, 3.63) is 23.8 Å². The van der Waals surface area contributed by atoms with E-state index in [9.17, 15) is 4.79 Å². The van der Waals surface area contributed by atoms with E-state index >= 15 is 0 Å². The first-order valence-electron chi connectivity index (χ1n) is 5.84. The van der Waals surface area contributed by atoms with Gasteiger partial charge in [-0.3, -0.25) is 4.79 Å². The summed E-state index contributed by atoms with van der Waals surface area (Å²) >= 11 is 0. The fourth-order valence-corrected chi connectivity index (χ4v) is 2.02. The van der Waals surface area contributed by atoms with Gasteiger partial charge in [0.15, 0.2) is 0 Å².